The predicted octanol–water partition coefficient (Wildman–Crippen LogP) is -0.489. The van der Waals surface area contributed by atoms with Crippen LogP contribution in [0.1, 0.15) is 0 Å². The van der Waals surface area contributed by atoms with E-state index < -0.39 is 0 Å². The number of nitrogens with two attached hydrogens (primary N) is 1. The molecular weight excluding hydrogens is 129 g/mol. The molecule has 1 nitrogen and oxygen atoms in total. The molecule has 0 aliphatic rings. The molecule has 0 atom stereocenters. The minimum absolute atomic E-state index is 0. The molecule has 0 aromatic heterocycles. The normalized spacial score (nSPS) is 5.00. The van der Waals surface area contributed by atoms with Gasteiger partial charge in [0.2, 0.25) is 0 Å². The zero-order valence-corrected chi connectivity index (χ0v) is 3.64. The summed E-state index contributed by atoms with van der Waals surface area (Å²) in [5.41, 5.74) is 4.71. The molecule has 0 heterocycles. The molecule has 0 bridgehead atoms. The Labute approximate surface area is 84.5 Å². The SMILES string of the molecule is NC(=S)S.[KH]. The summed E-state index contributed by atoms with van der Waals surface area (Å²) in [5, 5.41) is 0. The van der Waals surface area contributed by atoms with Crippen LogP contribution in [0.5, 0.6) is 0 Å². The van der Waals surface area contributed by atoms with Crippen LogP contribution in [0.25, 0.3) is 0 Å². The monoisotopic (exact) mass is 133 g/mol. The van der Waals surface area contributed by atoms with Crippen LogP contribution in [0.4, 0.5) is 0 Å². The Balaban J connectivity index is 0. The van der Waals surface area contributed by atoms with Gasteiger partial charge in [-0.05, 0) is 0 Å². The second kappa shape index (κ2) is 5.88. The van der Waals surface area contributed by atoms with Crippen molar-refractivity contribution in [3.63, 3.8) is 0 Å². The Bertz CT molecular complexity index is 32.6. The molecule has 0 radical (unpaired) electrons. The van der Waals surface area contributed by atoms with Gasteiger partial charge in [0, 0.05) is 0 Å². The Kier molecular flexibility index (Phi) is 11.7. The number of thiocarbonyl (C=S) groups is 1. The first kappa shape index (κ1) is 9.99. The number of thiol groups is 1. The van der Waals surface area contributed by atoms with Gasteiger partial charge >= 0.3 is 51.4 Å². The predicted molar refractivity (Wildman–Crippen MR) is 32.9 cm³/mol. The second-order valence-corrected chi connectivity index (χ2v) is 1.56. The average Bonchev–Trinajstić information content (AvgIpc) is 0.811. The van der Waals surface area contributed by atoms with Gasteiger partial charge in [-0.2, -0.15) is 0 Å². The molecule has 0 rings (SSSR count). The Morgan fingerprint density at radius 2 is 1.80 bits per heavy atom. The molecule has 0 amide bonds. The zero-order valence-electron chi connectivity index (χ0n) is 1.93. The molecule has 26 valence electrons. The van der Waals surface area contributed by atoms with E-state index in [-0.39, 0.29) is 55.7 Å². The van der Waals surface area contributed by atoms with Crippen LogP contribution in [0, 0.1) is 0 Å². The van der Waals surface area contributed by atoms with Crippen LogP contribution in [0.3, 0.4) is 0 Å². The second-order valence-electron chi connectivity index (χ2n) is 0.338. The van der Waals surface area contributed by atoms with Crippen LogP contribution in [-0.4, -0.2) is 55.7 Å². The topological polar surface area (TPSA) is 26.0 Å². The molecule has 0 aliphatic heterocycles. The van der Waals surface area contributed by atoms with E-state index >= 15 is 0 Å². The number of hydrogen-bond donors (Lipinski definition) is 2. The molecule has 0 aliphatic carbocycles. The van der Waals surface area contributed by atoms with Gasteiger partial charge in [-0.25, -0.2) is 0 Å². The zero-order chi connectivity index (χ0) is 3.58. The van der Waals surface area contributed by atoms with E-state index in [4.69, 9.17) is 5.73 Å². The van der Waals surface area contributed by atoms with Gasteiger partial charge < -0.3 is 5.73 Å². The Morgan fingerprint density at radius 1 is 1.80 bits per heavy atom. The van der Waals surface area contributed by atoms with Crippen molar-refractivity contribution < 1.29 is 0 Å². The molecule has 0 unspecified atom stereocenters. The van der Waals surface area contributed by atoms with E-state index in [9.17, 15) is 0 Å². The summed E-state index contributed by atoms with van der Waals surface area (Å²) in [6, 6.07) is 0. The maximum absolute atomic E-state index is 4.71. The molecule has 0 saturated heterocycles. The molecule has 2 N–H and O–H groups in total. The number of rotatable bonds is 0. The molecule has 5 heavy (non-hydrogen) atoms. The van der Waals surface area contributed by atoms with Crippen molar-refractivity contribution in [3.8, 4) is 0 Å². The summed E-state index contributed by atoms with van der Waals surface area (Å²) in [7, 11) is 0. The van der Waals surface area contributed by atoms with E-state index in [1.807, 2.05) is 0 Å². The van der Waals surface area contributed by atoms with Crippen LogP contribution >= 0.6 is 24.8 Å². The molecule has 0 aromatic carbocycles. The fourth-order valence-corrected chi connectivity index (χ4v) is 0. The van der Waals surface area contributed by atoms with Crippen LogP contribution in [0.15, 0.2) is 0 Å². The quantitative estimate of drug-likeness (QED) is 0.265. The summed E-state index contributed by atoms with van der Waals surface area (Å²) in [5.74, 6) is 0. The third-order valence-corrected chi connectivity index (χ3v) is 0. The van der Waals surface area contributed by atoms with Gasteiger partial charge in [-0.1, -0.05) is 12.2 Å². The summed E-state index contributed by atoms with van der Waals surface area (Å²) in [6.45, 7) is 0. The first-order chi connectivity index (χ1) is 1.73. The van der Waals surface area contributed by atoms with E-state index in [2.05, 4.69) is 24.8 Å². The third kappa shape index (κ3) is 25.1. The van der Waals surface area contributed by atoms with Gasteiger partial charge in [-0.3, -0.25) is 0 Å². The van der Waals surface area contributed by atoms with Crippen molar-refractivity contribution in [1.82, 2.24) is 0 Å². The van der Waals surface area contributed by atoms with E-state index in [1.54, 1.807) is 0 Å². The fourth-order valence-electron chi connectivity index (χ4n) is 0. The first-order valence-corrected chi connectivity index (χ1v) is 1.57. The molecule has 0 spiro atoms. The van der Waals surface area contributed by atoms with Crippen molar-refractivity contribution in [2.24, 2.45) is 5.73 Å². The van der Waals surface area contributed by atoms with Crippen molar-refractivity contribution in [2.45, 2.75) is 0 Å². The molecule has 4 heteroatoms. The average molecular weight is 133 g/mol. The van der Waals surface area contributed by atoms with Gasteiger partial charge in [0.25, 0.3) is 0 Å². The van der Waals surface area contributed by atoms with Gasteiger partial charge in [0.1, 0.15) is 4.32 Å². The summed E-state index contributed by atoms with van der Waals surface area (Å²) in [4.78, 5) is 0. The molecule has 0 fully saturated rings. The molecule has 0 saturated carbocycles. The van der Waals surface area contributed by atoms with Crippen LogP contribution in [0.2, 0.25) is 0 Å². The standard InChI is InChI=1S/CH3NS2.K.H/c2-1(3)4;;/h(H3,2,3,4);;. The molecule has 0 aromatic rings. The van der Waals surface area contributed by atoms with Crippen molar-refractivity contribution in [2.75, 3.05) is 0 Å². The van der Waals surface area contributed by atoms with Crippen molar-refractivity contribution in [3.05, 3.63) is 0 Å². The Hall–Kier alpha value is 1.88. The van der Waals surface area contributed by atoms with Crippen LogP contribution < -0.4 is 5.73 Å². The maximum atomic E-state index is 4.71. The first-order valence-electron chi connectivity index (χ1n) is 0.716. The van der Waals surface area contributed by atoms with E-state index in [1.165, 1.54) is 0 Å². The summed E-state index contributed by atoms with van der Waals surface area (Å²) < 4.78 is 0.194. The third-order valence-electron chi connectivity index (χ3n) is 0. The van der Waals surface area contributed by atoms with Crippen molar-refractivity contribution in [1.29, 1.82) is 0 Å². The van der Waals surface area contributed by atoms with Crippen LogP contribution in [-0.2, 0) is 0 Å². The summed E-state index contributed by atoms with van der Waals surface area (Å²) in [6.07, 6.45) is 0. The minimum atomic E-state index is 0. The van der Waals surface area contributed by atoms with E-state index in [0.717, 1.165) is 0 Å². The Morgan fingerprint density at radius 3 is 1.80 bits per heavy atom. The van der Waals surface area contributed by atoms with Gasteiger partial charge in [-0.15, -0.1) is 12.6 Å². The van der Waals surface area contributed by atoms with Gasteiger partial charge in [0.15, 0.2) is 0 Å². The summed E-state index contributed by atoms with van der Waals surface area (Å²) >= 11 is 7.65. The van der Waals surface area contributed by atoms with Crippen molar-refractivity contribution >= 4 is 80.6 Å². The van der Waals surface area contributed by atoms with Gasteiger partial charge in [0.05, 0.1) is 0 Å². The van der Waals surface area contributed by atoms with E-state index in [0.29, 0.717) is 0 Å². The number of hydrogen-bond acceptors (Lipinski definition) is 1. The molecular formula is CH4KNS2. The fraction of sp³-hybridized carbons (Fsp3) is 0.